The molecule has 0 aliphatic carbocycles. The van der Waals surface area contributed by atoms with Crippen LogP contribution in [0.15, 0.2) is 60.7 Å². The Morgan fingerprint density at radius 2 is 1.10 bits per heavy atom. The first-order valence-corrected chi connectivity index (χ1v) is 10.5. The molecule has 1 unspecified atom stereocenters. The lowest BCUT2D eigenvalue weighted by molar-refractivity contribution is -0.169. The minimum atomic E-state index is -0.721. The predicted molar refractivity (Wildman–Crippen MR) is 115 cm³/mol. The van der Waals surface area contributed by atoms with Gasteiger partial charge in [-0.15, -0.1) is 0 Å². The van der Waals surface area contributed by atoms with Crippen molar-refractivity contribution in [2.24, 2.45) is 0 Å². The van der Waals surface area contributed by atoms with Gasteiger partial charge in [-0.3, -0.25) is 19.4 Å². The monoisotopic (exact) mass is 410 g/mol. The maximum atomic E-state index is 13.0. The fraction of sp³-hybridized carbons (Fsp3) is 0.417. The van der Waals surface area contributed by atoms with E-state index in [0.717, 1.165) is 11.1 Å². The number of hydrogen-bond donors (Lipinski definition) is 0. The van der Waals surface area contributed by atoms with Crippen LogP contribution in [-0.4, -0.2) is 60.1 Å². The van der Waals surface area contributed by atoms with Gasteiger partial charge in [-0.1, -0.05) is 60.7 Å². The van der Waals surface area contributed by atoms with Gasteiger partial charge >= 0.3 is 11.9 Å². The summed E-state index contributed by atoms with van der Waals surface area (Å²) in [5, 5.41) is 0. The summed E-state index contributed by atoms with van der Waals surface area (Å²) >= 11 is 0. The van der Waals surface area contributed by atoms with E-state index in [4.69, 9.17) is 9.47 Å². The van der Waals surface area contributed by atoms with Crippen molar-refractivity contribution in [3.05, 3.63) is 71.8 Å². The number of carbonyl (C=O) groups excluding carboxylic acids is 2. The van der Waals surface area contributed by atoms with Crippen molar-refractivity contribution in [2.45, 2.75) is 39.0 Å². The molecular weight excluding hydrogens is 380 g/mol. The second-order valence-corrected chi connectivity index (χ2v) is 7.31. The average Bonchev–Trinajstić information content (AvgIpc) is 2.76. The third kappa shape index (κ3) is 5.46. The average molecular weight is 411 g/mol. The number of ether oxygens (including phenoxy) is 2. The molecule has 6 heteroatoms. The predicted octanol–water partition coefficient (Wildman–Crippen LogP) is 2.87. The van der Waals surface area contributed by atoms with Crippen molar-refractivity contribution in [2.75, 3.05) is 26.3 Å². The lowest BCUT2D eigenvalue weighted by atomic mass is 9.99. The van der Waals surface area contributed by atoms with Crippen LogP contribution in [0.3, 0.4) is 0 Å². The van der Waals surface area contributed by atoms with Crippen molar-refractivity contribution < 1.29 is 19.1 Å². The molecule has 0 aromatic heterocycles. The fourth-order valence-corrected chi connectivity index (χ4v) is 3.94. The molecule has 0 N–H and O–H groups in total. The van der Waals surface area contributed by atoms with Crippen molar-refractivity contribution in [3.63, 3.8) is 0 Å². The number of piperazine rings is 1. The molecule has 2 aromatic carbocycles. The highest BCUT2D eigenvalue weighted by molar-refractivity contribution is 5.87. The molecule has 1 saturated heterocycles. The number of benzene rings is 2. The lowest BCUT2D eigenvalue weighted by Crippen LogP contribution is -2.65. The van der Waals surface area contributed by atoms with Gasteiger partial charge in [-0.2, -0.15) is 0 Å². The van der Waals surface area contributed by atoms with E-state index in [1.165, 1.54) is 0 Å². The van der Waals surface area contributed by atoms with Crippen LogP contribution < -0.4 is 0 Å². The summed E-state index contributed by atoms with van der Waals surface area (Å²) in [6.45, 7) is 6.54. The Kier molecular flexibility index (Phi) is 7.99. The molecule has 0 spiro atoms. The highest BCUT2D eigenvalue weighted by Crippen LogP contribution is 2.24. The number of hydrogen-bond acceptors (Lipinski definition) is 6. The van der Waals surface area contributed by atoms with Gasteiger partial charge in [0.2, 0.25) is 0 Å². The summed E-state index contributed by atoms with van der Waals surface area (Å²) in [6.07, 6.45) is 0. The van der Waals surface area contributed by atoms with E-state index in [1.54, 1.807) is 13.8 Å². The Labute approximate surface area is 178 Å². The van der Waals surface area contributed by atoms with Crippen LogP contribution in [0.2, 0.25) is 0 Å². The summed E-state index contributed by atoms with van der Waals surface area (Å²) in [4.78, 5) is 30.1. The molecule has 0 saturated carbocycles. The Hall–Kier alpha value is -2.70. The molecular formula is C24H30N2O4. The molecule has 3 rings (SSSR count). The van der Waals surface area contributed by atoms with Gasteiger partial charge in [-0.05, 0) is 25.0 Å². The normalized spacial score (nSPS) is 19.9. The highest BCUT2D eigenvalue weighted by atomic mass is 16.5. The minimum absolute atomic E-state index is 0.267. The molecule has 0 bridgehead atoms. The van der Waals surface area contributed by atoms with E-state index < -0.39 is 12.1 Å². The Balaban J connectivity index is 1.91. The molecule has 2 atom stereocenters. The van der Waals surface area contributed by atoms with Gasteiger partial charge < -0.3 is 9.47 Å². The van der Waals surface area contributed by atoms with E-state index in [0.29, 0.717) is 26.2 Å². The Bertz CT molecular complexity index is 743. The van der Waals surface area contributed by atoms with E-state index in [-0.39, 0.29) is 25.2 Å². The summed E-state index contributed by atoms with van der Waals surface area (Å²) in [5.41, 5.74) is 2.18. The summed E-state index contributed by atoms with van der Waals surface area (Å²) in [6, 6.07) is 18.5. The zero-order valence-corrected chi connectivity index (χ0v) is 17.7. The van der Waals surface area contributed by atoms with E-state index in [2.05, 4.69) is 0 Å². The molecule has 30 heavy (non-hydrogen) atoms. The van der Waals surface area contributed by atoms with Crippen molar-refractivity contribution in [3.8, 4) is 0 Å². The van der Waals surface area contributed by atoms with Gasteiger partial charge in [0.25, 0.3) is 0 Å². The molecule has 2 aromatic rings. The van der Waals surface area contributed by atoms with Crippen molar-refractivity contribution in [1.82, 2.24) is 9.80 Å². The van der Waals surface area contributed by atoms with E-state index >= 15 is 0 Å². The molecule has 0 radical (unpaired) electrons. The van der Waals surface area contributed by atoms with E-state index in [9.17, 15) is 9.59 Å². The molecule has 1 aliphatic heterocycles. The van der Waals surface area contributed by atoms with Crippen LogP contribution in [0.4, 0.5) is 0 Å². The van der Waals surface area contributed by atoms with Crippen molar-refractivity contribution in [1.29, 1.82) is 0 Å². The first-order chi connectivity index (χ1) is 14.6. The lowest BCUT2D eigenvalue weighted by Gasteiger charge is -2.45. The van der Waals surface area contributed by atoms with E-state index in [1.807, 2.05) is 70.5 Å². The number of rotatable bonds is 8. The number of carbonyl (C=O) groups is 2. The Morgan fingerprint density at radius 3 is 1.43 bits per heavy atom. The molecule has 1 aliphatic rings. The maximum Gasteiger partial charge on any atom is 0.325 e. The molecule has 1 fully saturated rings. The van der Waals surface area contributed by atoms with Gasteiger partial charge in [0.15, 0.2) is 0 Å². The van der Waals surface area contributed by atoms with Crippen LogP contribution in [0.25, 0.3) is 0 Å². The minimum Gasteiger partial charge on any atom is -0.465 e. The molecule has 6 nitrogen and oxygen atoms in total. The largest absolute Gasteiger partial charge is 0.465 e. The quantitative estimate of drug-likeness (QED) is 0.624. The van der Waals surface area contributed by atoms with Crippen LogP contribution >= 0.6 is 0 Å². The number of esters is 2. The van der Waals surface area contributed by atoms with Crippen LogP contribution in [0.1, 0.15) is 25.0 Å². The summed E-state index contributed by atoms with van der Waals surface area (Å²) < 4.78 is 10.8. The van der Waals surface area contributed by atoms with Crippen molar-refractivity contribution >= 4 is 11.9 Å². The first-order valence-electron chi connectivity index (χ1n) is 10.5. The highest BCUT2D eigenvalue weighted by Gasteiger charge is 2.46. The summed E-state index contributed by atoms with van der Waals surface area (Å²) in [5.74, 6) is -0.770. The smallest absolute Gasteiger partial charge is 0.325 e. The second-order valence-electron chi connectivity index (χ2n) is 7.31. The van der Waals surface area contributed by atoms with Crippen LogP contribution in [-0.2, 0) is 32.2 Å². The molecule has 1 heterocycles. The van der Waals surface area contributed by atoms with Gasteiger partial charge in [-0.25, -0.2) is 0 Å². The topological polar surface area (TPSA) is 59.1 Å². The van der Waals surface area contributed by atoms with Crippen LogP contribution in [0.5, 0.6) is 0 Å². The third-order valence-electron chi connectivity index (χ3n) is 5.27. The SMILES string of the molecule is CCOC(=O)C1[C@@H](C(=O)OCC)N(Cc2ccccc2)CCN1Cc1ccccc1. The third-order valence-corrected chi connectivity index (χ3v) is 5.27. The molecule has 160 valence electrons. The van der Waals surface area contributed by atoms with Gasteiger partial charge in [0, 0.05) is 26.2 Å². The second kappa shape index (κ2) is 10.9. The fourth-order valence-electron chi connectivity index (χ4n) is 3.94. The standard InChI is InChI=1S/C24H30N2O4/c1-3-29-23(27)21-22(24(28)30-4-2)26(18-20-13-9-6-10-14-20)16-15-25(21)17-19-11-7-5-8-12-19/h5-14,21-22H,3-4,15-18H2,1-2H3/t21-,22?/m0/s1. The first kappa shape index (κ1) is 22.0. The van der Waals surface area contributed by atoms with Crippen LogP contribution in [0, 0.1) is 0 Å². The van der Waals surface area contributed by atoms with Gasteiger partial charge in [0.1, 0.15) is 12.1 Å². The number of nitrogens with zero attached hydrogens (tertiary/aromatic N) is 2. The summed E-state index contributed by atoms with van der Waals surface area (Å²) in [7, 11) is 0. The zero-order chi connectivity index (χ0) is 21.3. The maximum absolute atomic E-state index is 13.0. The molecule has 0 amide bonds. The Morgan fingerprint density at radius 1 is 0.733 bits per heavy atom. The zero-order valence-electron chi connectivity index (χ0n) is 17.7. The van der Waals surface area contributed by atoms with Gasteiger partial charge in [0.05, 0.1) is 13.2 Å².